The highest BCUT2D eigenvalue weighted by molar-refractivity contribution is 6.62. The van der Waals surface area contributed by atoms with Crippen LogP contribution < -0.4 is 5.32 Å². The molecule has 0 fully saturated rings. The van der Waals surface area contributed by atoms with Gasteiger partial charge in [-0.25, -0.2) is 4.79 Å². The summed E-state index contributed by atoms with van der Waals surface area (Å²) in [5.74, 6) is 0. The Labute approximate surface area is 90.9 Å². The summed E-state index contributed by atoms with van der Waals surface area (Å²) in [7, 11) is 1.47. The smallest absolute Gasteiger partial charge is 0.465 e. The standard InChI is InChI=1S/C8H19NO5Si/c1-5-6-7(9-8(10)11)15(12-2,13-3)14-4/h7,9H,5-6H2,1-4H3,(H,10,11). The largest absolute Gasteiger partial charge is 0.523 e. The van der Waals surface area contributed by atoms with Gasteiger partial charge in [-0.2, -0.15) is 0 Å². The fraction of sp³-hybridized carbons (Fsp3) is 0.875. The van der Waals surface area contributed by atoms with Crippen LogP contribution in [0.25, 0.3) is 0 Å². The van der Waals surface area contributed by atoms with Crippen molar-refractivity contribution >= 4 is 14.9 Å². The van der Waals surface area contributed by atoms with Gasteiger partial charge in [0.25, 0.3) is 0 Å². The van der Waals surface area contributed by atoms with Crippen LogP contribution in [0.15, 0.2) is 0 Å². The number of carbonyl (C=O) groups is 1. The summed E-state index contributed by atoms with van der Waals surface area (Å²) >= 11 is 0. The van der Waals surface area contributed by atoms with Gasteiger partial charge in [-0.3, -0.25) is 0 Å². The molecule has 0 aromatic rings. The second-order valence-electron chi connectivity index (χ2n) is 3.01. The average Bonchev–Trinajstić information content (AvgIpc) is 2.21. The fourth-order valence-electron chi connectivity index (χ4n) is 1.45. The second-order valence-corrected chi connectivity index (χ2v) is 6.14. The van der Waals surface area contributed by atoms with Crippen molar-refractivity contribution in [3.63, 3.8) is 0 Å². The molecular weight excluding hydrogens is 218 g/mol. The van der Waals surface area contributed by atoms with E-state index < -0.39 is 20.6 Å². The summed E-state index contributed by atoms with van der Waals surface area (Å²) < 4.78 is 15.7. The number of rotatable bonds is 7. The van der Waals surface area contributed by atoms with Crippen molar-refractivity contribution < 1.29 is 23.2 Å². The SMILES string of the molecule is CCCC(NC(=O)O)[Si](OC)(OC)OC. The third kappa shape index (κ3) is 3.78. The minimum Gasteiger partial charge on any atom is -0.465 e. The van der Waals surface area contributed by atoms with Gasteiger partial charge in [-0.15, -0.1) is 0 Å². The first kappa shape index (κ1) is 14.4. The Hall–Kier alpha value is -0.633. The molecule has 0 aliphatic rings. The summed E-state index contributed by atoms with van der Waals surface area (Å²) in [6.45, 7) is 1.96. The fourth-order valence-corrected chi connectivity index (χ4v) is 3.75. The molecule has 0 bridgehead atoms. The Morgan fingerprint density at radius 2 is 1.80 bits per heavy atom. The van der Waals surface area contributed by atoms with Gasteiger partial charge in [0.1, 0.15) is 5.67 Å². The molecule has 0 spiro atoms. The molecular formula is C8H19NO5Si. The van der Waals surface area contributed by atoms with Crippen LogP contribution in [-0.2, 0) is 13.3 Å². The van der Waals surface area contributed by atoms with Gasteiger partial charge >= 0.3 is 14.9 Å². The molecule has 0 radical (unpaired) electrons. The maximum absolute atomic E-state index is 10.6. The normalized spacial score (nSPS) is 13.6. The quantitative estimate of drug-likeness (QED) is 0.642. The van der Waals surface area contributed by atoms with E-state index in [1.54, 1.807) is 0 Å². The second kappa shape index (κ2) is 6.78. The van der Waals surface area contributed by atoms with Crippen LogP contribution >= 0.6 is 0 Å². The van der Waals surface area contributed by atoms with Crippen molar-refractivity contribution in [2.24, 2.45) is 0 Å². The molecule has 1 atom stereocenters. The average molecular weight is 237 g/mol. The van der Waals surface area contributed by atoms with Crippen molar-refractivity contribution in [1.82, 2.24) is 5.32 Å². The van der Waals surface area contributed by atoms with E-state index in [4.69, 9.17) is 18.4 Å². The molecule has 1 unspecified atom stereocenters. The van der Waals surface area contributed by atoms with Crippen LogP contribution in [0.3, 0.4) is 0 Å². The summed E-state index contributed by atoms with van der Waals surface area (Å²) in [5.41, 5.74) is -0.431. The van der Waals surface area contributed by atoms with E-state index in [9.17, 15) is 4.79 Å². The molecule has 15 heavy (non-hydrogen) atoms. The zero-order valence-corrected chi connectivity index (χ0v) is 10.6. The van der Waals surface area contributed by atoms with E-state index in [0.29, 0.717) is 6.42 Å². The molecule has 0 saturated heterocycles. The predicted molar refractivity (Wildman–Crippen MR) is 56.6 cm³/mol. The van der Waals surface area contributed by atoms with Gasteiger partial charge in [-0.1, -0.05) is 13.3 Å². The third-order valence-corrected chi connectivity index (χ3v) is 5.15. The lowest BCUT2D eigenvalue weighted by atomic mass is 10.3. The highest BCUT2D eigenvalue weighted by Crippen LogP contribution is 2.16. The van der Waals surface area contributed by atoms with Crippen molar-refractivity contribution in [3.05, 3.63) is 0 Å². The molecule has 0 rings (SSSR count). The molecule has 0 aromatic heterocycles. The van der Waals surface area contributed by atoms with Gasteiger partial charge in [0.15, 0.2) is 0 Å². The van der Waals surface area contributed by atoms with E-state index in [2.05, 4.69) is 5.32 Å². The zero-order chi connectivity index (χ0) is 11.9. The highest BCUT2D eigenvalue weighted by atomic mass is 28.4. The Bertz CT molecular complexity index is 189. The lowest BCUT2D eigenvalue weighted by Gasteiger charge is -2.31. The first-order chi connectivity index (χ1) is 7.06. The molecule has 2 N–H and O–H groups in total. The Balaban J connectivity index is 4.73. The summed E-state index contributed by atoms with van der Waals surface area (Å²) in [4.78, 5) is 10.6. The monoisotopic (exact) mass is 237 g/mol. The minimum absolute atomic E-state index is 0.431. The molecule has 7 heteroatoms. The number of amides is 1. The van der Waals surface area contributed by atoms with E-state index in [1.807, 2.05) is 6.92 Å². The Morgan fingerprint density at radius 1 is 1.33 bits per heavy atom. The van der Waals surface area contributed by atoms with Crippen molar-refractivity contribution in [3.8, 4) is 0 Å². The summed E-state index contributed by atoms with van der Waals surface area (Å²) in [5, 5.41) is 11.1. The van der Waals surface area contributed by atoms with E-state index in [1.165, 1.54) is 21.3 Å². The Kier molecular flexibility index (Phi) is 6.49. The van der Waals surface area contributed by atoms with Gasteiger partial charge in [0.2, 0.25) is 0 Å². The predicted octanol–water partition coefficient (Wildman–Crippen LogP) is 0.840. The van der Waals surface area contributed by atoms with Gasteiger partial charge < -0.3 is 23.7 Å². The molecule has 6 nitrogen and oxygen atoms in total. The summed E-state index contributed by atoms with van der Waals surface area (Å²) in [6, 6.07) is 0. The van der Waals surface area contributed by atoms with Crippen LogP contribution in [0, 0.1) is 0 Å². The van der Waals surface area contributed by atoms with Crippen LogP contribution in [0.1, 0.15) is 19.8 Å². The van der Waals surface area contributed by atoms with Gasteiger partial charge in [-0.05, 0) is 6.42 Å². The number of hydrogen-bond donors (Lipinski definition) is 2. The molecule has 0 aliphatic carbocycles. The van der Waals surface area contributed by atoms with Crippen molar-refractivity contribution in [2.45, 2.75) is 25.4 Å². The Morgan fingerprint density at radius 3 is 2.07 bits per heavy atom. The lowest BCUT2D eigenvalue weighted by Crippen LogP contribution is -2.61. The van der Waals surface area contributed by atoms with Gasteiger partial charge in [0.05, 0.1) is 0 Å². The molecule has 0 aromatic carbocycles. The number of carboxylic acid groups (broad SMARTS) is 1. The zero-order valence-electron chi connectivity index (χ0n) is 9.57. The van der Waals surface area contributed by atoms with E-state index >= 15 is 0 Å². The first-order valence-electron chi connectivity index (χ1n) is 4.71. The third-order valence-electron chi connectivity index (χ3n) is 2.16. The van der Waals surface area contributed by atoms with E-state index in [-0.39, 0.29) is 0 Å². The molecule has 0 aliphatic heterocycles. The van der Waals surface area contributed by atoms with Crippen LogP contribution in [0.5, 0.6) is 0 Å². The van der Waals surface area contributed by atoms with Crippen LogP contribution in [0.2, 0.25) is 0 Å². The number of nitrogens with one attached hydrogen (secondary N) is 1. The number of hydrogen-bond acceptors (Lipinski definition) is 4. The van der Waals surface area contributed by atoms with Crippen LogP contribution in [0.4, 0.5) is 4.79 Å². The molecule has 0 heterocycles. The maximum Gasteiger partial charge on any atom is 0.523 e. The maximum atomic E-state index is 10.6. The lowest BCUT2D eigenvalue weighted by molar-refractivity contribution is 0.103. The topological polar surface area (TPSA) is 77.0 Å². The minimum atomic E-state index is -2.92. The van der Waals surface area contributed by atoms with Crippen molar-refractivity contribution in [2.75, 3.05) is 21.3 Å². The molecule has 90 valence electrons. The highest BCUT2D eigenvalue weighted by Gasteiger charge is 2.47. The van der Waals surface area contributed by atoms with Crippen molar-refractivity contribution in [1.29, 1.82) is 0 Å². The van der Waals surface area contributed by atoms with Crippen LogP contribution in [-0.4, -0.2) is 47.0 Å². The molecule has 1 amide bonds. The summed E-state index contributed by atoms with van der Waals surface area (Å²) in [6.07, 6.45) is 0.334. The molecule has 0 saturated carbocycles. The first-order valence-corrected chi connectivity index (χ1v) is 6.51. The van der Waals surface area contributed by atoms with E-state index in [0.717, 1.165) is 6.42 Å². The van der Waals surface area contributed by atoms with Gasteiger partial charge in [0, 0.05) is 21.3 Å².